The highest BCUT2D eigenvalue weighted by molar-refractivity contribution is 7.55. The van der Waals surface area contributed by atoms with Gasteiger partial charge in [0.1, 0.15) is 0 Å². The summed E-state index contributed by atoms with van der Waals surface area (Å²) in [6.07, 6.45) is -4.52. The summed E-state index contributed by atoms with van der Waals surface area (Å²) in [4.78, 5) is 0. The zero-order valence-corrected chi connectivity index (χ0v) is 5.64. The normalized spacial score (nSPS) is 18.5. The van der Waals surface area contributed by atoms with Gasteiger partial charge in [-0.15, -0.1) is 0 Å². The van der Waals surface area contributed by atoms with Crippen LogP contribution in [0.25, 0.3) is 0 Å². The van der Waals surface area contributed by atoms with Crippen molar-refractivity contribution in [3.63, 3.8) is 0 Å². The van der Waals surface area contributed by atoms with E-state index in [0.717, 1.165) is 0 Å². The van der Waals surface area contributed by atoms with Crippen molar-refractivity contribution in [2.45, 2.75) is 6.18 Å². The number of hydrogen-bond donors (Lipinski definition) is 3. The molecule has 0 saturated heterocycles. The SMILES string of the molecule is N=P(N)(F)NCC(F)(F)F. The number of nitrogens with one attached hydrogen (secondary N) is 2. The Labute approximate surface area is 54.7 Å². The molecule has 0 aromatic heterocycles. The van der Waals surface area contributed by atoms with Gasteiger partial charge in [0.25, 0.3) is 7.67 Å². The van der Waals surface area contributed by atoms with E-state index in [0.29, 0.717) is 0 Å². The third-order valence-corrected chi connectivity index (χ3v) is 1.13. The fraction of sp³-hybridized carbons (Fsp3) is 1.00. The maximum atomic E-state index is 11.9. The molecule has 1 unspecified atom stereocenters. The van der Waals surface area contributed by atoms with Crippen LogP contribution in [0.3, 0.4) is 0 Å². The molecule has 0 aliphatic heterocycles. The van der Waals surface area contributed by atoms with E-state index in [1.54, 1.807) is 0 Å². The van der Waals surface area contributed by atoms with Crippen molar-refractivity contribution in [3.05, 3.63) is 0 Å². The van der Waals surface area contributed by atoms with Crippen LogP contribution in [0.4, 0.5) is 17.4 Å². The fourth-order valence-corrected chi connectivity index (χ4v) is 0.614. The molecule has 8 heteroatoms. The molecule has 0 amide bonds. The fourth-order valence-electron chi connectivity index (χ4n) is 0.205. The van der Waals surface area contributed by atoms with Crippen molar-refractivity contribution >= 4 is 7.67 Å². The molecule has 0 fully saturated rings. The molecule has 0 spiro atoms. The molecule has 3 nitrogen and oxygen atoms in total. The minimum absolute atomic E-state index is 1.23. The Kier molecular flexibility index (Phi) is 2.82. The van der Waals surface area contributed by atoms with Crippen LogP contribution >= 0.6 is 7.67 Å². The lowest BCUT2D eigenvalue weighted by Gasteiger charge is -2.10. The lowest BCUT2D eigenvalue weighted by molar-refractivity contribution is -0.121. The molecule has 0 aromatic rings. The van der Waals surface area contributed by atoms with E-state index >= 15 is 0 Å². The van der Waals surface area contributed by atoms with Crippen molar-refractivity contribution in [2.75, 3.05) is 6.54 Å². The molecule has 0 aliphatic carbocycles. The van der Waals surface area contributed by atoms with E-state index in [1.807, 2.05) is 0 Å². The first-order chi connectivity index (χ1) is 4.21. The first kappa shape index (κ1) is 9.87. The van der Waals surface area contributed by atoms with Crippen LogP contribution in [0.15, 0.2) is 0 Å². The Morgan fingerprint density at radius 1 is 1.50 bits per heavy atom. The second-order valence-corrected chi connectivity index (χ2v) is 3.18. The molecule has 0 rings (SSSR count). The minimum atomic E-state index is -4.52. The smallest absolute Gasteiger partial charge is 0.263 e. The zero-order valence-electron chi connectivity index (χ0n) is 4.74. The van der Waals surface area contributed by atoms with Gasteiger partial charge >= 0.3 is 6.18 Å². The summed E-state index contributed by atoms with van der Waals surface area (Å²) in [5.41, 5.74) is 4.34. The molecule has 0 radical (unpaired) electrons. The summed E-state index contributed by atoms with van der Waals surface area (Å²) >= 11 is 0. The Morgan fingerprint density at radius 3 is 2.00 bits per heavy atom. The van der Waals surface area contributed by atoms with E-state index in [9.17, 15) is 17.4 Å². The van der Waals surface area contributed by atoms with Crippen molar-refractivity contribution < 1.29 is 17.4 Å². The number of alkyl halides is 3. The molecule has 0 aliphatic rings. The first-order valence-corrected chi connectivity index (χ1v) is 3.90. The quantitative estimate of drug-likeness (QED) is 0.445. The van der Waals surface area contributed by atoms with Crippen molar-refractivity contribution in [1.29, 1.82) is 5.16 Å². The van der Waals surface area contributed by atoms with Gasteiger partial charge in [-0.1, -0.05) is 0 Å². The number of hydrogen-bond acceptors (Lipinski definition) is 1. The Bertz CT molecular complexity index is 147. The molecular formula is C2H6F4N3P. The monoisotopic (exact) mass is 179 g/mol. The average Bonchev–Trinajstić information content (AvgIpc) is 1.57. The van der Waals surface area contributed by atoms with Gasteiger partial charge in [0.05, 0.1) is 6.54 Å². The zero-order chi connectivity index (χ0) is 8.41. The van der Waals surface area contributed by atoms with Gasteiger partial charge in [0.2, 0.25) is 0 Å². The van der Waals surface area contributed by atoms with Gasteiger partial charge in [-0.3, -0.25) is 10.7 Å². The van der Waals surface area contributed by atoms with Crippen LogP contribution in [0.1, 0.15) is 0 Å². The third kappa shape index (κ3) is 7.87. The maximum absolute atomic E-state index is 11.9. The molecule has 0 aromatic carbocycles. The Hall–Kier alpha value is -0.130. The maximum Gasteiger partial charge on any atom is 0.401 e. The van der Waals surface area contributed by atoms with Crippen LogP contribution < -0.4 is 10.6 Å². The molecule has 0 bridgehead atoms. The number of rotatable bonds is 2. The highest BCUT2D eigenvalue weighted by atomic mass is 31.2. The van der Waals surface area contributed by atoms with Crippen LogP contribution in [-0.2, 0) is 0 Å². The number of halogens is 4. The highest BCUT2D eigenvalue weighted by Gasteiger charge is 2.28. The predicted molar refractivity (Wildman–Crippen MR) is 29.0 cm³/mol. The van der Waals surface area contributed by atoms with E-state index in [-0.39, 0.29) is 0 Å². The Balaban J connectivity index is 3.67. The second kappa shape index (κ2) is 2.86. The summed E-state index contributed by atoms with van der Waals surface area (Å²) in [7, 11) is -4.23. The summed E-state index contributed by atoms with van der Waals surface area (Å²) in [6.45, 7) is -1.56. The lowest BCUT2D eigenvalue weighted by Crippen LogP contribution is -2.27. The van der Waals surface area contributed by atoms with Crippen molar-refractivity contribution in [3.8, 4) is 0 Å². The largest absolute Gasteiger partial charge is 0.401 e. The topological polar surface area (TPSA) is 61.9 Å². The predicted octanol–water partition coefficient (Wildman–Crippen LogP) is 1.59. The van der Waals surface area contributed by atoms with Crippen LogP contribution in [0, 0.1) is 5.16 Å². The van der Waals surface area contributed by atoms with Gasteiger partial charge in [0.15, 0.2) is 0 Å². The van der Waals surface area contributed by atoms with Gasteiger partial charge < -0.3 is 0 Å². The van der Waals surface area contributed by atoms with Crippen LogP contribution in [0.5, 0.6) is 0 Å². The Morgan fingerprint density at radius 2 is 1.90 bits per heavy atom. The van der Waals surface area contributed by atoms with Gasteiger partial charge in [0, 0.05) is 0 Å². The van der Waals surface area contributed by atoms with Gasteiger partial charge in [-0.05, 0) is 0 Å². The first-order valence-electron chi connectivity index (χ1n) is 2.15. The lowest BCUT2D eigenvalue weighted by atomic mass is 10.7. The third-order valence-electron chi connectivity index (χ3n) is 0.510. The standard InChI is InChI=1S/C2H6F4N3P/c3-2(4,5)1-9-10(6,7)8/h1H2,(H4,7,8,9). The minimum Gasteiger partial charge on any atom is -0.263 e. The molecule has 0 saturated carbocycles. The van der Waals surface area contributed by atoms with Gasteiger partial charge in [-0.2, -0.15) is 17.4 Å². The van der Waals surface area contributed by atoms with Crippen LogP contribution in [-0.4, -0.2) is 12.7 Å². The molecule has 10 heavy (non-hydrogen) atoms. The summed E-state index contributed by atoms with van der Waals surface area (Å²) in [5.74, 6) is 0. The summed E-state index contributed by atoms with van der Waals surface area (Å²) < 4.78 is 45.6. The average molecular weight is 179 g/mol. The summed E-state index contributed by atoms with van der Waals surface area (Å²) in [6, 6.07) is 0. The van der Waals surface area contributed by atoms with Crippen molar-refractivity contribution in [1.82, 2.24) is 5.09 Å². The van der Waals surface area contributed by atoms with E-state index in [1.165, 1.54) is 5.09 Å². The number of nitrogens with two attached hydrogens (primary N) is 1. The summed E-state index contributed by atoms with van der Waals surface area (Å²) in [5, 5.41) is 7.45. The molecule has 4 N–H and O–H groups in total. The molecule has 1 atom stereocenters. The van der Waals surface area contributed by atoms with Crippen molar-refractivity contribution in [2.24, 2.45) is 5.50 Å². The van der Waals surface area contributed by atoms with Gasteiger partial charge in [-0.25, -0.2) is 5.09 Å². The molecule has 0 heterocycles. The highest BCUT2D eigenvalue weighted by Crippen LogP contribution is 2.33. The second-order valence-electron chi connectivity index (χ2n) is 1.59. The van der Waals surface area contributed by atoms with E-state index in [2.05, 4.69) is 5.50 Å². The van der Waals surface area contributed by atoms with E-state index in [4.69, 9.17) is 5.16 Å². The molecular weight excluding hydrogens is 173 g/mol. The van der Waals surface area contributed by atoms with E-state index < -0.39 is 20.4 Å². The van der Waals surface area contributed by atoms with Crippen LogP contribution in [0.2, 0.25) is 0 Å². The molecule has 62 valence electrons.